The molecule has 5 nitrogen and oxygen atoms in total. The molecule has 0 aliphatic carbocycles. The summed E-state index contributed by atoms with van der Waals surface area (Å²) in [5.74, 6) is -0.461. The Morgan fingerprint density at radius 1 is 1.07 bits per heavy atom. The maximum atomic E-state index is 13.3. The number of hydrogen-bond donors (Lipinski definition) is 0. The minimum Gasteiger partial charge on any atom is -0.465 e. The number of benzene rings is 2. The Bertz CT molecular complexity index is 1040. The van der Waals surface area contributed by atoms with E-state index in [4.69, 9.17) is 4.74 Å². The molecule has 2 aromatic carbocycles. The van der Waals surface area contributed by atoms with Gasteiger partial charge >= 0.3 is 5.97 Å². The lowest BCUT2D eigenvalue weighted by Gasteiger charge is -2.19. The number of pyridine rings is 1. The molecule has 0 unspecified atom stereocenters. The maximum Gasteiger partial charge on any atom is 0.337 e. The van der Waals surface area contributed by atoms with Crippen molar-refractivity contribution in [1.29, 1.82) is 0 Å². The van der Waals surface area contributed by atoms with E-state index in [1.165, 1.54) is 18.9 Å². The zero-order valence-electron chi connectivity index (χ0n) is 15.3. The van der Waals surface area contributed by atoms with Crippen LogP contribution in [0.1, 0.15) is 26.3 Å². The van der Waals surface area contributed by atoms with E-state index in [1.807, 2.05) is 36.4 Å². The van der Waals surface area contributed by atoms with Gasteiger partial charge in [-0.1, -0.05) is 30.0 Å². The van der Waals surface area contributed by atoms with E-state index < -0.39 is 0 Å². The molecule has 28 heavy (non-hydrogen) atoms. The second kappa shape index (κ2) is 7.86. The number of amides is 1. The van der Waals surface area contributed by atoms with Gasteiger partial charge in [-0.15, -0.1) is 0 Å². The molecule has 1 aromatic heterocycles. The molecule has 6 heteroatoms. The largest absolute Gasteiger partial charge is 0.465 e. The molecule has 4 rings (SSSR count). The van der Waals surface area contributed by atoms with Crippen LogP contribution < -0.4 is 4.90 Å². The number of esters is 1. The molecule has 1 amide bonds. The fourth-order valence-corrected chi connectivity index (χ4v) is 4.13. The average Bonchev–Trinajstić information content (AvgIpc) is 3.17. The average molecular weight is 390 g/mol. The molecular weight excluding hydrogens is 372 g/mol. The van der Waals surface area contributed by atoms with Gasteiger partial charge in [0.1, 0.15) is 5.03 Å². The minimum atomic E-state index is -0.374. The highest BCUT2D eigenvalue weighted by Gasteiger charge is 2.28. The van der Waals surface area contributed by atoms with E-state index >= 15 is 0 Å². The smallest absolute Gasteiger partial charge is 0.337 e. The molecule has 2 heterocycles. The Kier molecular flexibility index (Phi) is 5.12. The summed E-state index contributed by atoms with van der Waals surface area (Å²) in [6.07, 6.45) is 2.40. The summed E-state index contributed by atoms with van der Waals surface area (Å²) in [6.45, 7) is 0.573. The van der Waals surface area contributed by atoms with Crippen LogP contribution in [0.5, 0.6) is 0 Å². The first-order valence-corrected chi connectivity index (χ1v) is 9.70. The Hall–Kier alpha value is -3.12. The number of aromatic nitrogens is 1. The maximum absolute atomic E-state index is 13.3. The third-order valence-electron chi connectivity index (χ3n) is 4.60. The molecule has 140 valence electrons. The Balaban J connectivity index is 1.63. The summed E-state index contributed by atoms with van der Waals surface area (Å²) in [4.78, 5) is 32.2. The predicted octanol–water partition coefficient (Wildman–Crippen LogP) is 4.22. The van der Waals surface area contributed by atoms with Gasteiger partial charge in [0, 0.05) is 23.3 Å². The van der Waals surface area contributed by atoms with Crippen molar-refractivity contribution in [3.8, 4) is 0 Å². The lowest BCUT2D eigenvalue weighted by atomic mass is 10.1. The molecule has 0 spiro atoms. The summed E-state index contributed by atoms with van der Waals surface area (Å²) >= 11 is 1.47. The zero-order chi connectivity index (χ0) is 19.5. The van der Waals surface area contributed by atoms with Crippen LogP contribution >= 0.6 is 11.8 Å². The summed E-state index contributed by atoms with van der Waals surface area (Å²) < 4.78 is 4.78. The summed E-state index contributed by atoms with van der Waals surface area (Å²) in [5, 5.41) is 0.679. The number of fused-ring (bicyclic) bond motifs is 1. The predicted molar refractivity (Wildman–Crippen MR) is 108 cm³/mol. The zero-order valence-corrected chi connectivity index (χ0v) is 16.1. The van der Waals surface area contributed by atoms with Gasteiger partial charge in [0.05, 0.1) is 18.2 Å². The van der Waals surface area contributed by atoms with E-state index in [-0.39, 0.29) is 11.9 Å². The molecule has 0 N–H and O–H groups in total. The van der Waals surface area contributed by atoms with Gasteiger partial charge in [-0.05, 0) is 54.4 Å². The van der Waals surface area contributed by atoms with Gasteiger partial charge in [0.25, 0.3) is 5.91 Å². The summed E-state index contributed by atoms with van der Waals surface area (Å²) in [7, 11) is 1.36. The Morgan fingerprint density at radius 3 is 2.68 bits per heavy atom. The molecule has 0 saturated heterocycles. The molecule has 0 radical (unpaired) electrons. The highest BCUT2D eigenvalue weighted by atomic mass is 32.2. The number of anilines is 1. The lowest BCUT2D eigenvalue weighted by Crippen LogP contribution is -2.29. The fraction of sp³-hybridized carbons (Fsp3) is 0.136. The van der Waals surface area contributed by atoms with Crippen molar-refractivity contribution >= 4 is 29.3 Å². The highest BCUT2D eigenvalue weighted by molar-refractivity contribution is 7.99. The standard InChI is InChI=1S/C22H18N2O3S/c1-27-22(26)16-9-10-19-15(14-16)11-13-24(19)21(25)18-8-5-12-23-20(18)28-17-6-3-2-4-7-17/h2-10,12,14H,11,13H2,1H3. The van der Waals surface area contributed by atoms with Crippen LogP contribution in [-0.4, -0.2) is 30.5 Å². The van der Waals surface area contributed by atoms with Crippen molar-refractivity contribution in [3.05, 3.63) is 83.6 Å². The SMILES string of the molecule is COC(=O)c1ccc2c(c1)CCN2C(=O)c1cccnc1Sc1ccccc1. The first-order chi connectivity index (χ1) is 13.7. The first-order valence-electron chi connectivity index (χ1n) is 8.88. The van der Waals surface area contributed by atoms with Crippen LogP contribution in [0, 0.1) is 0 Å². The van der Waals surface area contributed by atoms with Crippen LogP contribution in [0.4, 0.5) is 5.69 Å². The van der Waals surface area contributed by atoms with Crippen LogP contribution in [0.3, 0.4) is 0 Å². The van der Waals surface area contributed by atoms with Crippen LogP contribution in [0.15, 0.2) is 76.8 Å². The van der Waals surface area contributed by atoms with E-state index in [1.54, 1.807) is 35.4 Å². The monoisotopic (exact) mass is 390 g/mol. The van der Waals surface area contributed by atoms with Gasteiger partial charge in [0.15, 0.2) is 0 Å². The minimum absolute atomic E-state index is 0.0869. The number of carbonyl (C=O) groups is 2. The third kappa shape index (κ3) is 3.51. The fourth-order valence-electron chi connectivity index (χ4n) is 3.24. The number of nitrogens with zero attached hydrogens (tertiary/aromatic N) is 2. The van der Waals surface area contributed by atoms with E-state index in [2.05, 4.69) is 4.98 Å². The third-order valence-corrected chi connectivity index (χ3v) is 5.63. The van der Waals surface area contributed by atoms with Gasteiger partial charge < -0.3 is 9.64 Å². The van der Waals surface area contributed by atoms with Crippen molar-refractivity contribution in [2.45, 2.75) is 16.3 Å². The molecule has 0 fully saturated rings. The van der Waals surface area contributed by atoms with E-state index in [9.17, 15) is 9.59 Å². The Labute approximate surface area is 167 Å². The Morgan fingerprint density at radius 2 is 1.89 bits per heavy atom. The topological polar surface area (TPSA) is 59.5 Å². The van der Waals surface area contributed by atoms with Crippen LogP contribution in [0.2, 0.25) is 0 Å². The van der Waals surface area contributed by atoms with Gasteiger partial charge in [0.2, 0.25) is 0 Å². The van der Waals surface area contributed by atoms with Crippen molar-refractivity contribution in [3.63, 3.8) is 0 Å². The van der Waals surface area contributed by atoms with Crippen molar-refractivity contribution in [2.75, 3.05) is 18.6 Å². The number of hydrogen-bond acceptors (Lipinski definition) is 5. The molecule has 1 aliphatic heterocycles. The van der Waals surface area contributed by atoms with E-state index in [0.29, 0.717) is 29.1 Å². The normalized spacial score (nSPS) is 12.5. The van der Waals surface area contributed by atoms with Crippen LogP contribution in [-0.2, 0) is 11.2 Å². The van der Waals surface area contributed by atoms with E-state index in [0.717, 1.165) is 16.1 Å². The number of ether oxygens (including phenoxy) is 1. The molecule has 0 atom stereocenters. The molecule has 1 aliphatic rings. The molecule has 0 bridgehead atoms. The second-order valence-corrected chi connectivity index (χ2v) is 7.38. The van der Waals surface area contributed by atoms with Crippen LogP contribution in [0.25, 0.3) is 0 Å². The van der Waals surface area contributed by atoms with Gasteiger partial charge in [-0.2, -0.15) is 0 Å². The number of carbonyl (C=O) groups excluding carboxylic acids is 2. The van der Waals surface area contributed by atoms with Crippen molar-refractivity contribution in [1.82, 2.24) is 4.98 Å². The van der Waals surface area contributed by atoms with Crippen molar-refractivity contribution in [2.24, 2.45) is 0 Å². The highest BCUT2D eigenvalue weighted by Crippen LogP contribution is 2.33. The molecular formula is C22H18N2O3S. The first kappa shape index (κ1) is 18.3. The summed E-state index contributed by atoms with van der Waals surface area (Å²) in [6, 6.07) is 18.8. The summed E-state index contributed by atoms with van der Waals surface area (Å²) in [5.41, 5.74) is 2.87. The van der Waals surface area contributed by atoms with Gasteiger partial charge in [-0.25, -0.2) is 9.78 Å². The lowest BCUT2D eigenvalue weighted by molar-refractivity contribution is 0.0600. The molecule has 0 saturated carbocycles. The number of methoxy groups -OCH3 is 1. The number of rotatable bonds is 4. The second-order valence-electron chi connectivity index (χ2n) is 6.31. The van der Waals surface area contributed by atoms with Gasteiger partial charge in [-0.3, -0.25) is 4.79 Å². The molecule has 3 aromatic rings. The van der Waals surface area contributed by atoms with Crippen molar-refractivity contribution < 1.29 is 14.3 Å². The quantitative estimate of drug-likeness (QED) is 0.624.